The molecule has 0 aliphatic rings. The highest BCUT2D eigenvalue weighted by molar-refractivity contribution is 9.10. The van der Waals surface area contributed by atoms with Gasteiger partial charge < -0.3 is 9.47 Å². The summed E-state index contributed by atoms with van der Waals surface area (Å²) < 4.78 is 10.9. The van der Waals surface area contributed by atoms with Crippen molar-refractivity contribution in [2.45, 2.75) is 6.29 Å². The van der Waals surface area contributed by atoms with Crippen LogP contribution in [0.3, 0.4) is 0 Å². The summed E-state index contributed by atoms with van der Waals surface area (Å²) in [5.41, 5.74) is 0.709. The number of methoxy groups -OCH3 is 2. The second-order valence-electron chi connectivity index (χ2n) is 2.34. The lowest BCUT2D eigenvalue weighted by atomic mass is 10.3. The standard InChI is InChI=1S/C8H9BrClNO2/c1-12-8(13-2)6-3-5(9)4-11-7(6)10/h3-4,8H,1-2H3. The molecule has 0 aliphatic carbocycles. The molecule has 1 heterocycles. The minimum Gasteiger partial charge on any atom is -0.352 e. The van der Waals surface area contributed by atoms with E-state index in [1.54, 1.807) is 20.4 Å². The Morgan fingerprint density at radius 1 is 1.46 bits per heavy atom. The Kier molecular flexibility index (Phi) is 4.12. The predicted octanol–water partition coefficient (Wildman–Crippen LogP) is 2.79. The summed E-state index contributed by atoms with van der Waals surface area (Å²) in [6, 6.07) is 1.81. The van der Waals surface area contributed by atoms with Gasteiger partial charge in [-0.1, -0.05) is 11.6 Å². The number of halogens is 2. The number of hydrogen-bond acceptors (Lipinski definition) is 3. The van der Waals surface area contributed by atoms with Crippen LogP contribution in [-0.2, 0) is 9.47 Å². The molecular weight excluding hydrogens is 257 g/mol. The van der Waals surface area contributed by atoms with Crippen LogP contribution in [0.2, 0.25) is 5.15 Å². The zero-order valence-corrected chi connectivity index (χ0v) is 9.59. The fraction of sp³-hybridized carbons (Fsp3) is 0.375. The Morgan fingerprint density at radius 2 is 2.08 bits per heavy atom. The van der Waals surface area contributed by atoms with Gasteiger partial charge >= 0.3 is 0 Å². The first-order valence-corrected chi connectivity index (χ1v) is 4.72. The molecule has 5 heteroatoms. The molecule has 72 valence electrons. The van der Waals surface area contributed by atoms with Gasteiger partial charge in [0.1, 0.15) is 5.15 Å². The molecule has 3 nitrogen and oxygen atoms in total. The average molecular weight is 267 g/mol. The third kappa shape index (κ3) is 2.64. The molecule has 0 unspecified atom stereocenters. The first kappa shape index (κ1) is 10.9. The Labute approximate surface area is 90.1 Å². The molecule has 0 N–H and O–H groups in total. The van der Waals surface area contributed by atoms with Gasteiger partial charge in [-0.2, -0.15) is 0 Å². The Balaban J connectivity index is 3.03. The van der Waals surface area contributed by atoms with Crippen molar-refractivity contribution in [2.75, 3.05) is 14.2 Å². The first-order valence-electron chi connectivity index (χ1n) is 3.55. The van der Waals surface area contributed by atoms with Gasteiger partial charge in [0, 0.05) is 30.5 Å². The summed E-state index contributed by atoms with van der Waals surface area (Å²) in [5, 5.41) is 0.386. The van der Waals surface area contributed by atoms with Gasteiger partial charge in [-0.3, -0.25) is 0 Å². The third-order valence-corrected chi connectivity index (χ3v) is 2.26. The summed E-state index contributed by atoms with van der Waals surface area (Å²) >= 11 is 9.15. The zero-order chi connectivity index (χ0) is 9.84. The molecular formula is C8H9BrClNO2. The van der Waals surface area contributed by atoms with Crippen LogP contribution in [0.25, 0.3) is 0 Å². The van der Waals surface area contributed by atoms with Crippen molar-refractivity contribution in [2.24, 2.45) is 0 Å². The van der Waals surface area contributed by atoms with Crippen LogP contribution in [0.15, 0.2) is 16.7 Å². The molecule has 0 fully saturated rings. The van der Waals surface area contributed by atoms with Crippen molar-refractivity contribution in [1.29, 1.82) is 0 Å². The van der Waals surface area contributed by atoms with E-state index in [0.29, 0.717) is 10.7 Å². The molecule has 13 heavy (non-hydrogen) atoms. The summed E-state index contributed by atoms with van der Waals surface area (Å²) in [5.74, 6) is 0. The molecule has 0 atom stereocenters. The Hall–Kier alpha value is -0.160. The van der Waals surface area contributed by atoms with Gasteiger partial charge in [0.25, 0.3) is 0 Å². The average Bonchev–Trinajstić information content (AvgIpc) is 2.13. The van der Waals surface area contributed by atoms with E-state index in [0.717, 1.165) is 4.47 Å². The fourth-order valence-electron chi connectivity index (χ4n) is 0.954. The topological polar surface area (TPSA) is 31.4 Å². The third-order valence-electron chi connectivity index (χ3n) is 1.51. The molecule has 0 radical (unpaired) electrons. The van der Waals surface area contributed by atoms with Crippen molar-refractivity contribution in [1.82, 2.24) is 4.98 Å². The van der Waals surface area contributed by atoms with Crippen LogP contribution in [0.5, 0.6) is 0 Å². The maximum Gasteiger partial charge on any atom is 0.186 e. The van der Waals surface area contributed by atoms with E-state index >= 15 is 0 Å². The molecule has 0 saturated carbocycles. The molecule has 0 amide bonds. The van der Waals surface area contributed by atoms with E-state index < -0.39 is 6.29 Å². The van der Waals surface area contributed by atoms with Crippen LogP contribution >= 0.6 is 27.5 Å². The highest BCUT2D eigenvalue weighted by Gasteiger charge is 2.14. The molecule has 0 saturated heterocycles. The van der Waals surface area contributed by atoms with E-state index in [-0.39, 0.29) is 0 Å². The van der Waals surface area contributed by atoms with Gasteiger partial charge in [-0.05, 0) is 22.0 Å². The van der Waals surface area contributed by atoms with Crippen LogP contribution in [0.4, 0.5) is 0 Å². The lowest BCUT2D eigenvalue weighted by Crippen LogP contribution is -2.05. The van der Waals surface area contributed by atoms with Crippen LogP contribution in [-0.4, -0.2) is 19.2 Å². The van der Waals surface area contributed by atoms with Crippen LogP contribution in [0.1, 0.15) is 11.9 Å². The Bertz CT molecular complexity index is 291. The van der Waals surface area contributed by atoms with Crippen LogP contribution < -0.4 is 0 Å². The molecule has 1 rings (SSSR count). The number of rotatable bonds is 3. The molecule has 1 aromatic heterocycles. The van der Waals surface area contributed by atoms with Gasteiger partial charge in [0.2, 0.25) is 0 Å². The maximum atomic E-state index is 5.86. The SMILES string of the molecule is COC(OC)c1cc(Br)cnc1Cl. The number of pyridine rings is 1. The maximum absolute atomic E-state index is 5.86. The van der Waals surface area contributed by atoms with Crippen molar-refractivity contribution in [3.8, 4) is 0 Å². The van der Waals surface area contributed by atoms with E-state index in [4.69, 9.17) is 21.1 Å². The largest absolute Gasteiger partial charge is 0.352 e. The second-order valence-corrected chi connectivity index (χ2v) is 3.61. The molecule has 1 aromatic rings. The number of hydrogen-bond donors (Lipinski definition) is 0. The first-order chi connectivity index (χ1) is 6.19. The monoisotopic (exact) mass is 265 g/mol. The van der Waals surface area contributed by atoms with Gasteiger partial charge in [0.15, 0.2) is 6.29 Å². The summed E-state index contributed by atoms with van der Waals surface area (Å²) in [7, 11) is 3.09. The smallest absolute Gasteiger partial charge is 0.186 e. The zero-order valence-electron chi connectivity index (χ0n) is 7.25. The lowest BCUT2D eigenvalue weighted by molar-refractivity contribution is -0.106. The van der Waals surface area contributed by atoms with Gasteiger partial charge in [-0.25, -0.2) is 4.98 Å². The van der Waals surface area contributed by atoms with Crippen molar-refractivity contribution in [3.63, 3.8) is 0 Å². The van der Waals surface area contributed by atoms with E-state index in [1.807, 2.05) is 6.07 Å². The normalized spacial score (nSPS) is 10.8. The van der Waals surface area contributed by atoms with E-state index in [1.165, 1.54) is 0 Å². The molecule has 0 aliphatic heterocycles. The number of aromatic nitrogens is 1. The van der Waals surface area contributed by atoms with Crippen molar-refractivity contribution >= 4 is 27.5 Å². The van der Waals surface area contributed by atoms with Crippen molar-refractivity contribution < 1.29 is 9.47 Å². The summed E-state index contributed by atoms with van der Waals surface area (Å²) in [6.45, 7) is 0. The highest BCUT2D eigenvalue weighted by Crippen LogP contribution is 2.26. The predicted molar refractivity (Wildman–Crippen MR) is 53.7 cm³/mol. The Morgan fingerprint density at radius 3 is 2.62 bits per heavy atom. The van der Waals surface area contributed by atoms with Crippen LogP contribution in [0, 0.1) is 0 Å². The van der Waals surface area contributed by atoms with Crippen molar-refractivity contribution in [3.05, 3.63) is 27.5 Å². The lowest BCUT2D eigenvalue weighted by Gasteiger charge is -2.14. The quantitative estimate of drug-likeness (QED) is 0.623. The minimum absolute atomic E-state index is 0.386. The molecule has 0 aromatic carbocycles. The van der Waals surface area contributed by atoms with Gasteiger partial charge in [-0.15, -0.1) is 0 Å². The van der Waals surface area contributed by atoms with E-state index in [2.05, 4.69) is 20.9 Å². The van der Waals surface area contributed by atoms with Gasteiger partial charge in [0.05, 0.1) is 0 Å². The minimum atomic E-state index is -0.475. The number of nitrogens with zero attached hydrogens (tertiary/aromatic N) is 1. The highest BCUT2D eigenvalue weighted by atomic mass is 79.9. The van der Waals surface area contributed by atoms with E-state index in [9.17, 15) is 0 Å². The molecule has 0 bridgehead atoms. The second kappa shape index (κ2) is 4.91. The number of ether oxygens (including phenoxy) is 2. The summed E-state index contributed by atoms with van der Waals surface area (Å²) in [4.78, 5) is 3.95. The summed E-state index contributed by atoms with van der Waals surface area (Å²) in [6.07, 6.45) is 1.14. The molecule has 0 spiro atoms. The fourth-order valence-corrected chi connectivity index (χ4v) is 1.50.